The topological polar surface area (TPSA) is 38.8 Å². The van der Waals surface area contributed by atoms with E-state index in [1.54, 1.807) is 12.1 Å². The lowest BCUT2D eigenvalue weighted by Gasteiger charge is -2.14. The Kier molecular flexibility index (Phi) is 2.96. The Morgan fingerprint density at radius 1 is 1.24 bits per heavy atom. The van der Waals surface area contributed by atoms with E-state index in [4.69, 9.17) is 4.74 Å². The van der Waals surface area contributed by atoms with Gasteiger partial charge in [0.25, 0.3) is 0 Å². The van der Waals surface area contributed by atoms with Crippen LogP contribution in [0.5, 0.6) is 0 Å². The standard InChI is InChI=1S/C14H18O3/c1-14(2,3)12-11(17-12)9-5-7-10(8-6-9)13(15)16-4/h5-8,11-12H,1-4H3/t11-,12+/m1/s1. The molecule has 0 amide bonds. The number of carbonyl (C=O) groups excluding carboxylic acids is 1. The lowest BCUT2D eigenvalue weighted by atomic mass is 9.88. The van der Waals surface area contributed by atoms with Crippen LogP contribution in [0.4, 0.5) is 0 Å². The summed E-state index contributed by atoms with van der Waals surface area (Å²) < 4.78 is 10.3. The molecule has 0 aromatic heterocycles. The Balaban J connectivity index is 2.08. The first-order valence-corrected chi connectivity index (χ1v) is 5.77. The summed E-state index contributed by atoms with van der Waals surface area (Å²) in [4.78, 5) is 11.3. The van der Waals surface area contributed by atoms with Crippen molar-refractivity contribution in [1.29, 1.82) is 0 Å². The molecule has 1 aliphatic rings. The zero-order chi connectivity index (χ0) is 12.6. The summed E-state index contributed by atoms with van der Waals surface area (Å²) in [5.74, 6) is -0.305. The molecule has 1 fully saturated rings. The third kappa shape index (κ3) is 2.50. The Morgan fingerprint density at radius 3 is 2.24 bits per heavy atom. The summed E-state index contributed by atoms with van der Waals surface area (Å²) in [6, 6.07) is 7.43. The van der Waals surface area contributed by atoms with Crippen molar-refractivity contribution >= 4 is 5.97 Å². The first-order chi connectivity index (χ1) is 7.93. The predicted molar refractivity (Wildman–Crippen MR) is 64.9 cm³/mol. The minimum Gasteiger partial charge on any atom is -0.465 e. The number of carbonyl (C=O) groups is 1. The summed E-state index contributed by atoms with van der Waals surface area (Å²) in [5, 5.41) is 0. The highest BCUT2D eigenvalue weighted by Gasteiger charge is 2.47. The highest BCUT2D eigenvalue weighted by molar-refractivity contribution is 5.89. The molecule has 0 N–H and O–H groups in total. The van der Waals surface area contributed by atoms with E-state index in [-0.39, 0.29) is 23.6 Å². The Hall–Kier alpha value is -1.35. The second-order valence-electron chi connectivity index (χ2n) is 5.46. The minimum atomic E-state index is -0.305. The lowest BCUT2D eigenvalue weighted by molar-refractivity contribution is 0.0600. The molecule has 0 bridgehead atoms. The monoisotopic (exact) mass is 234 g/mol. The molecule has 3 nitrogen and oxygen atoms in total. The highest BCUT2D eigenvalue weighted by atomic mass is 16.6. The number of esters is 1. The number of ether oxygens (including phenoxy) is 2. The number of hydrogen-bond donors (Lipinski definition) is 0. The number of hydrogen-bond acceptors (Lipinski definition) is 3. The molecule has 3 heteroatoms. The quantitative estimate of drug-likeness (QED) is 0.583. The fourth-order valence-corrected chi connectivity index (χ4v) is 1.95. The van der Waals surface area contributed by atoms with Crippen LogP contribution >= 0.6 is 0 Å². The molecule has 92 valence electrons. The SMILES string of the molecule is COC(=O)c1ccc([C@H]2O[C@@H]2C(C)(C)C)cc1. The van der Waals surface area contributed by atoms with Gasteiger partial charge in [0.1, 0.15) is 6.10 Å². The van der Waals surface area contributed by atoms with Crippen LogP contribution in [0, 0.1) is 5.41 Å². The Labute approximate surface area is 102 Å². The lowest BCUT2D eigenvalue weighted by Crippen LogP contribution is -2.14. The van der Waals surface area contributed by atoms with Crippen LogP contribution in [0.2, 0.25) is 0 Å². The molecule has 0 radical (unpaired) electrons. The van der Waals surface area contributed by atoms with Crippen molar-refractivity contribution in [3.8, 4) is 0 Å². The first-order valence-electron chi connectivity index (χ1n) is 5.77. The molecule has 1 heterocycles. The maximum Gasteiger partial charge on any atom is 0.337 e. The Morgan fingerprint density at radius 2 is 1.82 bits per heavy atom. The van der Waals surface area contributed by atoms with Gasteiger partial charge < -0.3 is 9.47 Å². The van der Waals surface area contributed by atoms with Gasteiger partial charge in [0.2, 0.25) is 0 Å². The smallest absolute Gasteiger partial charge is 0.337 e. The van der Waals surface area contributed by atoms with Crippen molar-refractivity contribution in [2.45, 2.75) is 33.0 Å². The maximum absolute atomic E-state index is 11.3. The molecule has 17 heavy (non-hydrogen) atoms. The van der Waals surface area contributed by atoms with E-state index >= 15 is 0 Å². The zero-order valence-electron chi connectivity index (χ0n) is 10.7. The number of methoxy groups -OCH3 is 1. The van der Waals surface area contributed by atoms with Crippen LogP contribution < -0.4 is 0 Å². The molecule has 0 aliphatic carbocycles. The van der Waals surface area contributed by atoms with Crippen LogP contribution in [0.25, 0.3) is 0 Å². The molecule has 0 unspecified atom stereocenters. The summed E-state index contributed by atoms with van der Waals surface area (Å²) in [7, 11) is 1.38. The van der Waals surface area contributed by atoms with Gasteiger partial charge in [-0.2, -0.15) is 0 Å². The van der Waals surface area contributed by atoms with Crippen molar-refractivity contribution in [3.63, 3.8) is 0 Å². The second kappa shape index (κ2) is 4.15. The van der Waals surface area contributed by atoms with Gasteiger partial charge in [-0.05, 0) is 23.1 Å². The largest absolute Gasteiger partial charge is 0.465 e. The van der Waals surface area contributed by atoms with Gasteiger partial charge in [-0.3, -0.25) is 0 Å². The van der Waals surface area contributed by atoms with Crippen LogP contribution in [0.3, 0.4) is 0 Å². The fraction of sp³-hybridized carbons (Fsp3) is 0.500. The first kappa shape index (κ1) is 12.1. The summed E-state index contributed by atoms with van der Waals surface area (Å²) in [6.07, 6.45) is 0.438. The average Bonchev–Trinajstić information content (AvgIpc) is 3.08. The van der Waals surface area contributed by atoms with E-state index in [0.717, 1.165) is 5.56 Å². The van der Waals surface area contributed by atoms with E-state index in [0.29, 0.717) is 5.56 Å². The van der Waals surface area contributed by atoms with Gasteiger partial charge in [0.15, 0.2) is 0 Å². The summed E-state index contributed by atoms with van der Waals surface area (Å²) in [5.41, 5.74) is 1.85. The number of benzene rings is 1. The molecule has 1 aromatic carbocycles. The van der Waals surface area contributed by atoms with Gasteiger partial charge >= 0.3 is 5.97 Å². The zero-order valence-corrected chi connectivity index (χ0v) is 10.7. The van der Waals surface area contributed by atoms with Crippen LogP contribution in [0.15, 0.2) is 24.3 Å². The van der Waals surface area contributed by atoms with E-state index in [1.165, 1.54) is 7.11 Å². The number of rotatable bonds is 2. The third-order valence-electron chi connectivity index (χ3n) is 3.01. The molecular weight excluding hydrogens is 216 g/mol. The van der Waals surface area contributed by atoms with Gasteiger partial charge in [0.05, 0.1) is 18.8 Å². The molecule has 1 saturated heterocycles. The molecule has 2 rings (SSSR count). The minimum absolute atomic E-state index is 0.158. The van der Waals surface area contributed by atoms with Crippen molar-refractivity contribution in [2.24, 2.45) is 5.41 Å². The van der Waals surface area contributed by atoms with Gasteiger partial charge in [-0.1, -0.05) is 32.9 Å². The number of epoxide rings is 1. The molecule has 0 spiro atoms. The van der Waals surface area contributed by atoms with Crippen LogP contribution in [-0.4, -0.2) is 19.2 Å². The van der Waals surface area contributed by atoms with Gasteiger partial charge in [-0.15, -0.1) is 0 Å². The molecule has 1 aliphatic heterocycles. The van der Waals surface area contributed by atoms with Crippen LogP contribution in [-0.2, 0) is 9.47 Å². The van der Waals surface area contributed by atoms with Crippen molar-refractivity contribution < 1.29 is 14.3 Å². The Bertz CT molecular complexity index is 414. The average molecular weight is 234 g/mol. The van der Waals surface area contributed by atoms with E-state index in [9.17, 15) is 4.79 Å². The fourth-order valence-electron chi connectivity index (χ4n) is 1.95. The molecular formula is C14H18O3. The van der Waals surface area contributed by atoms with E-state index in [2.05, 4.69) is 25.5 Å². The van der Waals surface area contributed by atoms with Crippen molar-refractivity contribution in [3.05, 3.63) is 35.4 Å². The highest BCUT2D eigenvalue weighted by Crippen LogP contribution is 2.48. The molecule has 1 aromatic rings. The van der Waals surface area contributed by atoms with Crippen molar-refractivity contribution in [2.75, 3.05) is 7.11 Å². The molecule has 2 atom stereocenters. The second-order valence-corrected chi connectivity index (χ2v) is 5.46. The predicted octanol–water partition coefficient (Wildman–Crippen LogP) is 2.96. The van der Waals surface area contributed by atoms with Crippen molar-refractivity contribution in [1.82, 2.24) is 0 Å². The maximum atomic E-state index is 11.3. The third-order valence-corrected chi connectivity index (χ3v) is 3.01. The van der Waals surface area contributed by atoms with Gasteiger partial charge in [-0.25, -0.2) is 4.79 Å². The summed E-state index contributed by atoms with van der Waals surface area (Å²) in [6.45, 7) is 6.50. The normalized spacial score (nSPS) is 23.3. The van der Waals surface area contributed by atoms with Crippen LogP contribution in [0.1, 0.15) is 42.8 Å². The van der Waals surface area contributed by atoms with E-state index in [1.807, 2.05) is 12.1 Å². The summed E-state index contributed by atoms with van der Waals surface area (Å²) >= 11 is 0. The van der Waals surface area contributed by atoms with Gasteiger partial charge in [0, 0.05) is 0 Å². The van der Waals surface area contributed by atoms with E-state index < -0.39 is 0 Å². The molecule has 0 saturated carbocycles.